The first-order chi connectivity index (χ1) is 13.7. The maximum Gasteiger partial charge on any atom is 0.273 e. The SMILES string of the molecule is CNC(=O)/C(=N/OC)c1ccccc1Oc1cccc(Oc2ccccc2)c1. The van der Waals surface area contributed by atoms with Crippen LogP contribution in [-0.4, -0.2) is 25.8 Å². The number of amides is 1. The van der Waals surface area contributed by atoms with Gasteiger partial charge in [0.25, 0.3) is 5.91 Å². The van der Waals surface area contributed by atoms with Crippen LogP contribution in [0, 0.1) is 0 Å². The van der Waals surface area contributed by atoms with Crippen LogP contribution in [0.5, 0.6) is 23.0 Å². The second-order valence-electron chi connectivity index (χ2n) is 5.69. The first kappa shape index (κ1) is 19.0. The maximum atomic E-state index is 12.2. The summed E-state index contributed by atoms with van der Waals surface area (Å²) in [4.78, 5) is 17.0. The highest BCUT2D eigenvalue weighted by molar-refractivity contribution is 6.45. The van der Waals surface area contributed by atoms with Crippen LogP contribution >= 0.6 is 0 Å². The van der Waals surface area contributed by atoms with Gasteiger partial charge in [-0.1, -0.05) is 41.6 Å². The summed E-state index contributed by atoms with van der Waals surface area (Å²) in [6, 6.07) is 23.9. The Hall–Kier alpha value is -3.80. The van der Waals surface area contributed by atoms with Gasteiger partial charge in [0, 0.05) is 13.1 Å². The van der Waals surface area contributed by atoms with E-state index in [9.17, 15) is 4.79 Å². The lowest BCUT2D eigenvalue weighted by Crippen LogP contribution is -2.28. The minimum absolute atomic E-state index is 0.122. The van der Waals surface area contributed by atoms with Crippen LogP contribution in [-0.2, 0) is 9.63 Å². The lowest BCUT2D eigenvalue weighted by molar-refractivity contribution is -0.114. The fourth-order valence-corrected chi connectivity index (χ4v) is 2.53. The summed E-state index contributed by atoms with van der Waals surface area (Å²) in [5.41, 5.74) is 0.635. The van der Waals surface area contributed by atoms with Crippen molar-refractivity contribution >= 4 is 11.6 Å². The van der Waals surface area contributed by atoms with Crippen molar-refractivity contribution < 1.29 is 19.1 Å². The van der Waals surface area contributed by atoms with Crippen molar-refractivity contribution in [1.82, 2.24) is 5.32 Å². The molecule has 0 unspecified atom stereocenters. The summed E-state index contributed by atoms with van der Waals surface area (Å²) in [7, 11) is 2.91. The van der Waals surface area contributed by atoms with E-state index in [1.54, 1.807) is 24.3 Å². The number of hydrogen-bond donors (Lipinski definition) is 1. The van der Waals surface area contributed by atoms with E-state index in [-0.39, 0.29) is 11.6 Å². The number of ether oxygens (including phenoxy) is 2. The molecular weight excluding hydrogens is 356 g/mol. The number of nitrogens with one attached hydrogen (secondary N) is 1. The molecule has 0 saturated carbocycles. The Bertz CT molecular complexity index is 971. The second kappa shape index (κ2) is 9.23. The van der Waals surface area contributed by atoms with E-state index >= 15 is 0 Å². The van der Waals surface area contributed by atoms with Crippen molar-refractivity contribution in [1.29, 1.82) is 0 Å². The van der Waals surface area contributed by atoms with E-state index in [0.717, 1.165) is 5.75 Å². The molecule has 0 aromatic heterocycles. The Balaban J connectivity index is 1.87. The molecule has 3 aromatic rings. The molecule has 0 bridgehead atoms. The fourth-order valence-electron chi connectivity index (χ4n) is 2.53. The zero-order chi connectivity index (χ0) is 19.8. The molecule has 0 aliphatic carbocycles. The largest absolute Gasteiger partial charge is 0.457 e. The zero-order valence-electron chi connectivity index (χ0n) is 15.6. The third-order valence-corrected chi connectivity index (χ3v) is 3.78. The van der Waals surface area contributed by atoms with Crippen molar-refractivity contribution in [2.45, 2.75) is 0 Å². The van der Waals surface area contributed by atoms with Gasteiger partial charge in [-0.3, -0.25) is 4.79 Å². The Morgan fingerprint density at radius 1 is 0.821 bits per heavy atom. The molecule has 6 nitrogen and oxygen atoms in total. The van der Waals surface area contributed by atoms with Gasteiger partial charge < -0.3 is 19.6 Å². The topological polar surface area (TPSA) is 69.2 Å². The molecule has 3 aromatic carbocycles. The quantitative estimate of drug-likeness (QED) is 0.491. The molecule has 0 aliphatic heterocycles. The van der Waals surface area contributed by atoms with E-state index < -0.39 is 0 Å². The van der Waals surface area contributed by atoms with E-state index in [4.69, 9.17) is 14.3 Å². The maximum absolute atomic E-state index is 12.2. The number of para-hydroxylation sites is 2. The number of likely N-dealkylation sites (N-methyl/N-ethyl adjacent to an activating group) is 1. The standard InChI is InChI=1S/C22H20N2O4/c1-23-22(25)21(24-26-2)19-13-6-7-14-20(19)28-18-12-8-11-17(15-18)27-16-9-4-3-5-10-16/h3-15H,1-2H3,(H,23,25)/b24-21+. The Labute approximate surface area is 163 Å². The van der Waals surface area contributed by atoms with E-state index in [1.165, 1.54) is 14.2 Å². The van der Waals surface area contributed by atoms with Gasteiger partial charge in [-0.15, -0.1) is 0 Å². The van der Waals surface area contributed by atoms with Crippen LogP contribution in [0.25, 0.3) is 0 Å². The summed E-state index contributed by atoms with van der Waals surface area (Å²) in [5, 5.41) is 6.39. The Kier molecular flexibility index (Phi) is 6.25. The molecule has 28 heavy (non-hydrogen) atoms. The van der Waals surface area contributed by atoms with Gasteiger partial charge >= 0.3 is 0 Å². The molecule has 0 aliphatic rings. The van der Waals surface area contributed by atoms with Crippen molar-refractivity contribution in [3.05, 3.63) is 84.4 Å². The molecule has 142 valence electrons. The average Bonchev–Trinajstić information content (AvgIpc) is 2.73. The average molecular weight is 376 g/mol. The van der Waals surface area contributed by atoms with Crippen molar-refractivity contribution in [2.24, 2.45) is 5.16 Å². The molecule has 0 saturated heterocycles. The van der Waals surface area contributed by atoms with Gasteiger partial charge in [0.15, 0.2) is 5.71 Å². The second-order valence-corrected chi connectivity index (χ2v) is 5.69. The van der Waals surface area contributed by atoms with Gasteiger partial charge in [0.2, 0.25) is 0 Å². The van der Waals surface area contributed by atoms with Gasteiger partial charge in [-0.25, -0.2) is 0 Å². The van der Waals surface area contributed by atoms with Crippen molar-refractivity contribution in [2.75, 3.05) is 14.2 Å². The predicted molar refractivity (Wildman–Crippen MR) is 107 cm³/mol. The highest BCUT2D eigenvalue weighted by atomic mass is 16.6. The first-order valence-electron chi connectivity index (χ1n) is 8.64. The first-order valence-corrected chi connectivity index (χ1v) is 8.64. The molecule has 1 N–H and O–H groups in total. The molecule has 0 spiro atoms. The van der Waals surface area contributed by atoms with Crippen LogP contribution in [0.1, 0.15) is 5.56 Å². The zero-order valence-corrected chi connectivity index (χ0v) is 15.6. The number of hydrogen-bond acceptors (Lipinski definition) is 5. The van der Waals surface area contributed by atoms with Crippen LogP contribution in [0.2, 0.25) is 0 Å². The third kappa shape index (κ3) is 4.67. The van der Waals surface area contributed by atoms with Crippen LogP contribution in [0.4, 0.5) is 0 Å². The number of nitrogens with zero attached hydrogens (tertiary/aromatic N) is 1. The van der Waals surface area contributed by atoms with Crippen molar-refractivity contribution in [3.63, 3.8) is 0 Å². The highest BCUT2D eigenvalue weighted by Gasteiger charge is 2.18. The molecule has 0 fully saturated rings. The molecule has 6 heteroatoms. The number of carbonyl (C=O) groups excluding carboxylic acids is 1. The van der Waals surface area contributed by atoms with Gasteiger partial charge in [-0.05, 0) is 36.4 Å². The molecule has 1 amide bonds. The number of oxime groups is 1. The minimum Gasteiger partial charge on any atom is -0.457 e. The van der Waals surface area contributed by atoms with E-state index in [2.05, 4.69) is 10.5 Å². The monoisotopic (exact) mass is 376 g/mol. The summed E-state index contributed by atoms with van der Waals surface area (Å²) < 4.78 is 11.9. The number of carbonyl (C=O) groups is 1. The molecule has 0 atom stereocenters. The van der Waals surface area contributed by atoms with E-state index in [0.29, 0.717) is 22.8 Å². The number of benzene rings is 3. The van der Waals surface area contributed by atoms with Crippen LogP contribution in [0.3, 0.4) is 0 Å². The Morgan fingerprint density at radius 3 is 2.18 bits per heavy atom. The summed E-state index contributed by atoms with van der Waals surface area (Å²) in [6.07, 6.45) is 0. The lowest BCUT2D eigenvalue weighted by atomic mass is 10.1. The predicted octanol–water partition coefficient (Wildman–Crippen LogP) is 4.37. The van der Waals surface area contributed by atoms with Gasteiger partial charge in [0.05, 0.1) is 5.56 Å². The number of rotatable bonds is 7. The molecule has 3 rings (SSSR count). The van der Waals surface area contributed by atoms with Crippen LogP contribution < -0.4 is 14.8 Å². The van der Waals surface area contributed by atoms with Crippen LogP contribution in [0.15, 0.2) is 84.0 Å². The van der Waals surface area contributed by atoms with Gasteiger partial charge in [-0.2, -0.15) is 0 Å². The summed E-state index contributed by atoms with van der Waals surface area (Å²) >= 11 is 0. The summed E-state index contributed by atoms with van der Waals surface area (Å²) in [5.74, 6) is 2.03. The molecule has 0 heterocycles. The normalized spacial score (nSPS) is 10.9. The third-order valence-electron chi connectivity index (χ3n) is 3.78. The summed E-state index contributed by atoms with van der Waals surface area (Å²) in [6.45, 7) is 0. The minimum atomic E-state index is -0.376. The van der Waals surface area contributed by atoms with E-state index in [1.807, 2.05) is 54.6 Å². The molecular formula is C22H20N2O4. The Morgan fingerprint density at radius 2 is 1.46 bits per heavy atom. The molecule has 0 radical (unpaired) electrons. The van der Waals surface area contributed by atoms with Crippen molar-refractivity contribution in [3.8, 4) is 23.0 Å². The fraction of sp³-hybridized carbons (Fsp3) is 0.0909. The van der Waals surface area contributed by atoms with Gasteiger partial charge in [0.1, 0.15) is 30.1 Å². The smallest absolute Gasteiger partial charge is 0.273 e. The highest BCUT2D eigenvalue weighted by Crippen LogP contribution is 2.30. The lowest BCUT2D eigenvalue weighted by Gasteiger charge is -2.13.